The van der Waals surface area contributed by atoms with Crippen molar-refractivity contribution in [1.29, 1.82) is 0 Å². The number of nitrogens with zero attached hydrogens (tertiary/aromatic N) is 1. The molecule has 0 N–H and O–H groups in total. The maximum atomic E-state index is 12.6. The van der Waals surface area contributed by atoms with Gasteiger partial charge < -0.3 is 18.9 Å². The molecule has 32 heavy (non-hydrogen) atoms. The van der Waals surface area contributed by atoms with Crippen molar-refractivity contribution >= 4 is 5.97 Å². The van der Waals surface area contributed by atoms with Crippen molar-refractivity contribution in [2.45, 2.75) is 38.5 Å². The van der Waals surface area contributed by atoms with Gasteiger partial charge in [-0.3, -0.25) is 4.79 Å². The highest BCUT2D eigenvalue weighted by molar-refractivity contribution is 5.70. The lowest BCUT2D eigenvalue weighted by atomic mass is 10.1. The molecule has 1 heterocycles. The molecule has 9 heteroatoms. The molecule has 0 saturated heterocycles. The average Bonchev–Trinajstić information content (AvgIpc) is 3.55. The van der Waals surface area contributed by atoms with Gasteiger partial charge in [-0.05, 0) is 43.5 Å². The topological polar surface area (TPSA) is 66.9 Å². The van der Waals surface area contributed by atoms with Crippen LogP contribution in [0.4, 0.5) is 13.2 Å². The molecule has 0 bridgehead atoms. The van der Waals surface area contributed by atoms with E-state index < -0.39 is 17.8 Å². The molecule has 0 spiro atoms. The van der Waals surface area contributed by atoms with Gasteiger partial charge in [0.15, 0.2) is 0 Å². The summed E-state index contributed by atoms with van der Waals surface area (Å²) in [5, 5.41) is 0. The zero-order chi connectivity index (χ0) is 23.2. The van der Waals surface area contributed by atoms with E-state index in [1.165, 1.54) is 13.2 Å². The van der Waals surface area contributed by atoms with Gasteiger partial charge in [-0.15, -0.1) is 0 Å². The van der Waals surface area contributed by atoms with Crippen LogP contribution in [0.3, 0.4) is 0 Å². The summed E-state index contributed by atoms with van der Waals surface area (Å²) in [6, 6.07) is 9.47. The number of rotatable bonds is 11. The average molecular weight is 453 g/mol. The number of methoxy groups -OCH3 is 1. The molecule has 1 saturated carbocycles. The van der Waals surface area contributed by atoms with Gasteiger partial charge in [0, 0.05) is 24.8 Å². The highest BCUT2D eigenvalue weighted by Gasteiger charge is 2.44. The van der Waals surface area contributed by atoms with Crippen LogP contribution in [0.5, 0.6) is 11.6 Å². The lowest BCUT2D eigenvalue weighted by Gasteiger charge is -2.18. The summed E-state index contributed by atoms with van der Waals surface area (Å²) in [6.07, 6.45) is -2.13. The molecule has 3 rings (SSSR count). The first-order valence-electron chi connectivity index (χ1n) is 10.3. The number of hydrogen-bond acceptors (Lipinski definition) is 6. The monoisotopic (exact) mass is 453 g/mol. The summed E-state index contributed by atoms with van der Waals surface area (Å²) in [5.74, 6) is 0.498. The number of esters is 1. The summed E-state index contributed by atoms with van der Waals surface area (Å²) in [7, 11) is 1.54. The fourth-order valence-corrected chi connectivity index (χ4v) is 3.09. The molecule has 1 aromatic heterocycles. The largest absolute Gasteiger partial charge is 0.493 e. The highest BCUT2D eigenvalue weighted by Crippen LogP contribution is 2.46. The number of pyridine rings is 1. The molecule has 1 fully saturated rings. The fourth-order valence-electron chi connectivity index (χ4n) is 3.09. The number of ether oxygens (including phenoxy) is 4. The lowest BCUT2D eigenvalue weighted by molar-refractivity contribution is -0.146. The first-order valence-corrected chi connectivity index (χ1v) is 10.3. The Hall–Kier alpha value is -2.81. The van der Waals surface area contributed by atoms with Gasteiger partial charge >= 0.3 is 12.1 Å². The molecular weight excluding hydrogens is 427 g/mol. The van der Waals surface area contributed by atoms with Crippen LogP contribution < -0.4 is 9.47 Å². The zero-order valence-corrected chi connectivity index (χ0v) is 18.0. The van der Waals surface area contributed by atoms with Gasteiger partial charge in [0.25, 0.3) is 0 Å². The molecule has 1 aliphatic carbocycles. The predicted octanol–water partition coefficient (Wildman–Crippen LogP) is 4.98. The lowest BCUT2D eigenvalue weighted by Crippen LogP contribution is -2.21. The second-order valence-corrected chi connectivity index (χ2v) is 7.76. The smallest absolute Gasteiger partial charge is 0.417 e. The molecule has 1 aliphatic rings. The van der Waals surface area contributed by atoms with E-state index in [0.29, 0.717) is 25.6 Å². The third-order valence-corrected chi connectivity index (χ3v) is 5.29. The van der Waals surface area contributed by atoms with E-state index in [2.05, 4.69) is 4.98 Å². The Morgan fingerprint density at radius 2 is 1.78 bits per heavy atom. The van der Waals surface area contributed by atoms with Crippen LogP contribution >= 0.6 is 0 Å². The number of carbonyl (C=O) groups is 1. The highest BCUT2D eigenvalue weighted by atomic mass is 19.4. The molecule has 174 valence electrons. The Kier molecular flexibility index (Phi) is 7.60. The van der Waals surface area contributed by atoms with E-state index in [1.54, 1.807) is 19.1 Å². The fraction of sp³-hybridized carbons (Fsp3) is 0.478. The molecule has 1 unspecified atom stereocenters. The maximum Gasteiger partial charge on any atom is 0.417 e. The summed E-state index contributed by atoms with van der Waals surface area (Å²) in [4.78, 5) is 15.4. The van der Waals surface area contributed by atoms with Crippen LogP contribution in [0.2, 0.25) is 0 Å². The van der Waals surface area contributed by atoms with Crippen molar-refractivity contribution < 1.29 is 36.9 Å². The number of aromatic nitrogens is 1. The van der Waals surface area contributed by atoms with Crippen molar-refractivity contribution in [1.82, 2.24) is 4.98 Å². The third-order valence-electron chi connectivity index (χ3n) is 5.29. The summed E-state index contributed by atoms with van der Waals surface area (Å²) < 4.78 is 59.7. The van der Waals surface area contributed by atoms with Crippen LogP contribution in [0.15, 0.2) is 42.6 Å². The number of halogens is 3. The van der Waals surface area contributed by atoms with E-state index in [0.717, 1.165) is 30.7 Å². The standard InChI is InChI=1S/C23H26F3NO5/c1-3-30-21(28)12-19(29-2)16-4-7-18(8-5-16)31-14-22(10-11-22)15-32-20-9-6-17(13-27-20)23(24,25)26/h4-9,13,19H,3,10-12,14-15H2,1-2H3. The Balaban J connectivity index is 1.49. The maximum absolute atomic E-state index is 12.6. The Morgan fingerprint density at radius 3 is 2.31 bits per heavy atom. The Labute approximate surface area is 184 Å². The second-order valence-electron chi connectivity index (χ2n) is 7.76. The van der Waals surface area contributed by atoms with Crippen LogP contribution in [-0.2, 0) is 20.4 Å². The van der Waals surface area contributed by atoms with Gasteiger partial charge in [0.2, 0.25) is 5.88 Å². The predicted molar refractivity (Wildman–Crippen MR) is 109 cm³/mol. The van der Waals surface area contributed by atoms with Crippen molar-refractivity contribution in [3.05, 3.63) is 53.7 Å². The quantitative estimate of drug-likeness (QED) is 0.447. The minimum atomic E-state index is -4.42. The van der Waals surface area contributed by atoms with Crippen LogP contribution in [0.25, 0.3) is 0 Å². The number of alkyl halides is 3. The van der Waals surface area contributed by atoms with E-state index in [4.69, 9.17) is 18.9 Å². The second kappa shape index (κ2) is 10.2. The van der Waals surface area contributed by atoms with E-state index >= 15 is 0 Å². The molecule has 0 radical (unpaired) electrons. The molecular formula is C23H26F3NO5. The first-order chi connectivity index (χ1) is 15.2. The van der Waals surface area contributed by atoms with E-state index in [1.807, 2.05) is 12.1 Å². The van der Waals surface area contributed by atoms with Gasteiger partial charge in [0.1, 0.15) is 5.75 Å². The minimum absolute atomic E-state index is 0.128. The minimum Gasteiger partial charge on any atom is -0.493 e. The van der Waals surface area contributed by atoms with Gasteiger partial charge in [-0.2, -0.15) is 13.2 Å². The summed E-state index contributed by atoms with van der Waals surface area (Å²) in [6.45, 7) is 2.81. The van der Waals surface area contributed by atoms with Crippen LogP contribution in [0, 0.1) is 5.41 Å². The summed E-state index contributed by atoms with van der Waals surface area (Å²) >= 11 is 0. The number of carbonyl (C=O) groups excluding carboxylic acids is 1. The summed E-state index contributed by atoms with van der Waals surface area (Å²) in [5.41, 5.74) is -0.149. The molecule has 1 aromatic carbocycles. The van der Waals surface area contributed by atoms with Crippen molar-refractivity contribution in [3.8, 4) is 11.6 Å². The zero-order valence-electron chi connectivity index (χ0n) is 18.0. The molecule has 0 amide bonds. The van der Waals surface area contributed by atoms with E-state index in [-0.39, 0.29) is 23.7 Å². The third kappa shape index (κ3) is 6.59. The molecule has 1 atom stereocenters. The number of hydrogen-bond donors (Lipinski definition) is 0. The van der Waals surface area contributed by atoms with Crippen LogP contribution in [-0.4, -0.2) is 37.9 Å². The SMILES string of the molecule is CCOC(=O)CC(OC)c1ccc(OCC2(COc3ccc(C(F)(F)F)cn3)CC2)cc1. The van der Waals surface area contributed by atoms with Crippen molar-refractivity contribution in [3.63, 3.8) is 0 Å². The number of benzene rings is 1. The molecule has 6 nitrogen and oxygen atoms in total. The molecule has 2 aromatic rings. The van der Waals surface area contributed by atoms with Crippen molar-refractivity contribution in [2.75, 3.05) is 26.9 Å². The molecule has 0 aliphatic heterocycles. The van der Waals surface area contributed by atoms with Gasteiger partial charge in [0.05, 0.1) is 37.9 Å². The first kappa shape index (κ1) is 23.8. The van der Waals surface area contributed by atoms with Gasteiger partial charge in [-0.1, -0.05) is 12.1 Å². The Bertz CT molecular complexity index is 880. The van der Waals surface area contributed by atoms with Crippen LogP contribution in [0.1, 0.15) is 43.4 Å². The Morgan fingerprint density at radius 1 is 1.09 bits per heavy atom. The van der Waals surface area contributed by atoms with E-state index in [9.17, 15) is 18.0 Å². The normalized spacial score (nSPS) is 15.7. The van der Waals surface area contributed by atoms with Gasteiger partial charge in [-0.25, -0.2) is 4.98 Å². The van der Waals surface area contributed by atoms with Crippen molar-refractivity contribution in [2.24, 2.45) is 5.41 Å².